The van der Waals surface area contributed by atoms with Crippen molar-refractivity contribution in [2.75, 3.05) is 5.32 Å². The predicted molar refractivity (Wildman–Crippen MR) is 78.1 cm³/mol. The molecule has 0 aliphatic rings. The topological polar surface area (TPSA) is 74.8 Å². The Kier molecular flexibility index (Phi) is 4.72. The summed E-state index contributed by atoms with van der Waals surface area (Å²) < 4.78 is 51.5. The van der Waals surface area contributed by atoms with Gasteiger partial charge in [-0.3, -0.25) is 9.59 Å². The van der Waals surface area contributed by atoms with Crippen LogP contribution in [-0.2, 0) is 17.4 Å². The summed E-state index contributed by atoms with van der Waals surface area (Å²) in [6.45, 7) is 3.09. The van der Waals surface area contributed by atoms with E-state index < -0.39 is 41.1 Å². The predicted octanol–water partition coefficient (Wildman–Crippen LogP) is 2.73. The number of nitrogens with one attached hydrogen (secondary N) is 2. The van der Waals surface area contributed by atoms with Gasteiger partial charge in [0.1, 0.15) is 11.6 Å². The summed E-state index contributed by atoms with van der Waals surface area (Å²) in [7, 11) is 0. The number of hydrogen-bond donors (Lipinski definition) is 2. The Balaban J connectivity index is 2.24. The molecule has 1 aromatic heterocycles. The third kappa shape index (κ3) is 3.98. The monoisotopic (exact) mass is 343 g/mol. The van der Waals surface area contributed by atoms with Crippen molar-refractivity contribution in [3.63, 3.8) is 0 Å². The summed E-state index contributed by atoms with van der Waals surface area (Å²) in [5.41, 5.74) is -1.85. The highest BCUT2D eigenvalue weighted by molar-refractivity contribution is 5.92. The average molecular weight is 343 g/mol. The van der Waals surface area contributed by atoms with Crippen LogP contribution >= 0.6 is 0 Å². The van der Waals surface area contributed by atoms with Crippen LogP contribution in [0, 0.1) is 19.7 Å². The van der Waals surface area contributed by atoms with E-state index in [-0.39, 0.29) is 5.56 Å². The molecule has 2 aromatic rings. The number of H-pyrrole nitrogens is 1. The number of aromatic amines is 1. The fraction of sp³-hybridized carbons (Fsp3) is 0.267. The van der Waals surface area contributed by atoms with E-state index >= 15 is 0 Å². The molecule has 0 spiro atoms. The van der Waals surface area contributed by atoms with E-state index in [0.29, 0.717) is 29.7 Å². The first-order valence-electron chi connectivity index (χ1n) is 6.81. The van der Waals surface area contributed by atoms with Crippen molar-refractivity contribution in [2.24, 2.45) is 0 Å². The molecule has 128 valence electrons. The van der Waals surface area contributed by atoms with Crippen LogP contribution in [0.5, 0.6) is 0 Å². The van der Waals surface area contributed by atoms with Gasteiger partial charge in [-0.15, -0.1) is 0 Å². The zero-order valence-corrected chi connectivity index (χ0v) is 12.7. The van der Waals surface area contributed by atoms with Crippen LogP contribution in [0.15, 0.2) is 23.0 Å². The van der Waals surface area contributed by atoms with E-state index in [1.54, 1.807) is 6.92 Å². The lowest BCUT2D eigenvalue weighted by Gasteiger charge is -2.11. The minimum absolute atomic E-state index is 0.0606. The van der Waals surface area contributed by atoms with Crippen molar-refractivity contribution in [3.05, 3.63) is 57.0 Å². The third-order valence-corrected chi connectivity index (χ3v) is 3.25. The molecule has 0 aliphatic heterocycles. The number of anilines is 1. The second-order valence-corrected chi connectivity index (χ2v) is 5.13. The molecule has 24 heavy (non-hydrogen) atoms. The average Bonchev–Trinajstić information content (AvgIpc) is 2.44. The maximum Gasteiger partial charge on any atom is 0.416 e. The van der Waals surface area contributed by atoms with Gasteiger partial charge in [-0.1, -0.05) is 0 Å². The van der Waals surface area contributed by atoms with Gasteiger partial charge < -0.3 is 10.3 Å². The first kappa shape index (κ1) is 17.6. The fourth-order valence-electron chi connectivity index (χ4n) is 2.11. The second-order valence-electron chi connectivity index (χ2n) is 5.13. The molecule has 2 rings (SSSR count). The third-order valence-electron chi connectivity index (χ3n) is 3.25. The summed E-state index contributed by atoms with van der Waals surface area (Å²) in [6.07, 6.45) is -5.11. The number of nitrogens with zero attached hydrogens (tertiary/aromatic N) is 1. The minimum atomic E-state index is -4.66. The molecule has 0 radical (unpaired) electrons. The summed E-state index contributed by atoms with van der Waals surface area (Å²) >= 11 is 0. The Hall–Kier alpha value is -2.71. The Morgan fingerprint density at radius 2 is 1.96 bits per heavy atom. The molecule has 1 amide bonds. The molecular weight excluding hydrogens is 330 g/mol. The second kappa shape index (κ2) is 6.42. The van der Waals surface area contributed by atoms with Crippen LogP contribution in [0.1, 0.15) is 22.6 Å². The van der Waals surface area contributed by atoms with Gasteiger partial charge in [-0.25, -0.2) is 9.37 Å². The number of carbonyl (C=O) groups is 1. The van der Waals surface area contributed by atoms with E-state index in [4.69, 9.17) is 0 Å². The van der Waals surface area contributed by atoms with Crippen molar-refractivity contribution in [3.8, 4) is 0 Å². The lowest BCUT2D eigenvalue weighted by Crippen LogP contribution is -2.24. The van der Waals surface area contributed by atoms with Crippen molar-refractivity contribution in [1.82, 2.24) is 9.97 Å². The number of aromatic nitrogens is 2. The van der Waals surface area contributed by atoms with E-state index in [2.05, 4.69) is 9.97 Å². The molecule has 0 fully saturated rings. The van der Waals surface area contributed by atoms with Gasteiger partial charge in [0.15, 0.2) is 0 Å². The van der Waals surface area contributed by atoms with Crippen LogP contribution in [0.2, 0.25) is 0 Å². The van der Waals surface area contributed by atoms with Crippen molar-refractivity contribution >= 4 is 11.6 Å². The summed E-state index contributed by atoms with van der Waals surface area (Å²) in [5.74, 6) is -1.47. The van der Waals surface area contributed by atoms with Gasteiger partial charge >= 0.3 is 6.18 Å². The van der Waals surface area contributed by atoms with Crippen molar-refractivity contribution < 1.29 is 22.4 Å². The molecule has 2 N–H and O–H groups in total. The Morgan fingerprint density at radius 3 is 2.54 bits per heavy atom. The van der Waals surface area contributed by atoms with Gasteiger partial charge in [-0.05, 0) is 32.0 Å². The van der Waals surface area contributed by atoms with Crippen molar-refractivity contribution in [2.45, 2.75) is 26.4 Å². The van der Waals surface area contributed by atoms with Crippen molar-refractivity contribution in [1.29, 1.82) is 0 Å². The Bertz CT molecular complexity index is 844. The normalized spacial score (nSPS) is 11.4. The minimum Gasteiger partial charge on any atom is -0.323 e. The lowest BCUT2D eigenvalue weighted by atomic mass is 10.1. The molecule has 1 heterocycles. The van der Waals surface area contributed by atoms with Crippen LogP contribution in [-0.4, -0.2) is 15.9 Å². The number of halogens is 4. The SMILES string of the molecule is Cc1nc(C)c(CC(=O)Nc2cc(C(F)(F)F)ccc2F)c(=O)[nH]1. The van der Waals surface area contributed by atoms with Gasteiger partial charge in [0.2, 0.25) is 5.91 Å². The molecular formula is C15H13F4N3O2. The fourth-order valence-corrected chi connectivity index (χ4v) is 2.11. The highest BCUT2D eigenvalue weighted by atomic mass is 19.4. The van der Waals surface area contributed by atoms with Crippen LogP contribution < -0.4 is 10.9 Å². The molecule has 0 saturated carbocycles. The van der Waals surface area contributed by atoms with Gasteiger partial charge in [0, 0.05) is 11.3 Å². The van der Waals surface area contributed by atoms with Crippen LogP contribution in [0.4, 0.5) is 23.2 Å². The molecule has 0 bridgehead atoms. The Labute approximate surface area is 133 Å². The molecule has 0 atom stereocenters. The highest BCUT2D eigenvalue weighted by Gasteiger charge is 2.31. The Morgan fingerprint density at radius 1 is 1.29 bits per heavy atom. The molecule has 9 heteroatoms. The number of rotatable bonds is 3. The lowest BCUT2D eigenvalue weighted by molar-refractivity contribution is -0.137. The quantitative estimate of drug-likeness (QED) is 0.842. The van der Waals surface area contributed by atoms with Gasteiger partial charge in [-0.2, -0.15) is 13.2 Å². The molecule has 0 unspecified atom stereocenters. The number of hydrogen-bond acceptors (Lipinski definition) is 3. The van der Waals surface area contributed by atoms with E-state index in [9.17, 15) is 27.2 Å². The van der Waals surface area contributed by atoms with Crippen LogP contribution in [0.3, 0.4) is 0 Å². The first-order chi connectivity index (χ1) is 11.1. The maximum atomic E-state index is 13.6. The molecule has 0 aliphatic carbocycles. The number of carbonyl (C=O) groups excluding carboxylic acids is 1. The largest absolute Gasteiger partial charge is 0.416 e. The summed E-state index contributed by atoms with van der Waals surface area (Å²) in [5, 5.41) is 2.05. The molecule has 0 saturated heterocycles. The first-order valence-corrected chi connectivity index (χ1v) is 6.81. The van der Waals surface area contributed by atoms with E-state index in [0.717, 1.165) is 0 Å². The number of benzene rings is 1. The summed E-state index contributed by atoms with van der Waals surface area (Å²) in [4.78, 5) is 30.2. The highest BCUT2D eigenvalue weighted by Crippen LogP contribution is 2.31. The van der Waals surface area contributed by atoms with Crippen LogP contribution in [0.25, 0.3) is 0 Å². The molecule has 1 aromatic carbocycles. The zero-order valence-electron chi connectivity index (χ0n) is 12.7. The zero-order chi connectivity index (χ0) is 18.1. The standard InChI is InChI=1S/C15H13F4N3O2/c1-7-10(14(24)21-8(2)20-7)6-13(23)22-12-5-9(15(17,18)19)3-4-11(12)16/h3-5H,6H2,1-2H3,(H,22,23)(H,20,21,24). The summed E-state index contributed by atoms with van der Waals surface area (Å²) in [6, 6.07) is 1.69. The number of amides is 1. The smallest absolute Gasteiger partial charge is 0.323 e. The molecule has 5 nitrogen and oxygen atoms in total. The van der Waals surface area contributed by atoms with Gasteiger partial charge in [0.25, 0.3) is 5.56 Å². The number of alkyl halides is 3. The van der Waals surface area contributed by atoms with E-state index in [1.807, 2.05) is 5.32 Å². The number of aryl methyl sites for hydroxylation is 2. The maximum absolute atomic E-state index is 13.6. The van der Waals surface area contributed by atoms with Gasteiger partial charge in [0.05, 0.1) is 17.7 Å². The van der Waals surface area contributed by atoms with E-state index in [1.165, 1.54) is 6.92 Å².